The second kappa shape index (κ2) is 31.5. The first kappa shape index (κ1) is 65.2. The first-order valence-electron chi connectivity index (χ1n) is 28.0. The van der Waals surface area contributed by atoms with E-state index < -0.39 is 96.2 Å². The number of carbonyl (C=O) groups excluding carboxylic acids is 8. The van der Waals surface area contributed by atoms with Crippen molar-refractivity contribution in [3.63, 3.8) is 0 Å². The number of nitrogens with zero attached hydrogens (tertiary/aromatic N) is 3. The Kier molecular flexibility index (Phi) is 26.0. The standard InChI is InChI=1S/C58H91N9O12/c1-13-36(6)49(45(77-11)32-46(68)67-31-19-25-44(67)51(78-12)37(7)52(70)61-38(8)50(69)40-20-15-14-16-21-40)65(9)56(74)47(34(2)3)64-55(73)48(35(4)5)66(10)58(76)79-33-39-26-28-42(29-27-39)62-54(72)43(24-18-30-60-57(59)75)63-53(71)41-22-17-23-41/h14-16,20-21,26-29,34-38,41,43-45,47-51,69H,13,17-19,22-25,30-33H2,1-12H3,(H,61,70)(H,62,72)(H,63,71)(H,64,73)(H3,59,60,75)/t36-,37+,38+,43-,44-,45+,47-,48-,49-,50+,51+/m0/s1. The monoisotopic (exact) mass is 1110 g/mol. The van der Waals surface area contributed by atoms with Gasteiger partial charge in [0, 0.05) is 53.0 Å². The molecule has 1 saturated heterocycles. The van der Waals surface area contributed by atoms with Gasteiger partial charge in [-0.05, 0) is 86.5 Å². The molecule has 1 aliphatic carbocycles. The molecule has 2 aliphatic rings. The zero-order valence-corrected chi connectivity index (χ0v) is 48.6. The van der Waals surface area contributed by atoms with Gasteiger partial charge in [-0.2, -0.15) is 0 Å². The normalized spacial score (nSPS) is 18.3. The fraction of sp³-hybridized carbons (Fsp3) is 0.655. The lowest BCUT2D eigenvalue weighted by atomic mass is 9.84. The molecule has 2 aromatic rings. The van der Waals surface area contributed by atoms with E-state index in [0.29, 0.717) is 49.0 Å². The minimum absolute atomic E-state index is 0.0691. The maximum atomic E-state index is 14.7. The second-order valence-corrected chi connectivity index (χ2v) is 22.1. The van der Waals surface area contributed by atoms with E-state index in [1.54, 1.807) is 80.9 Å². The lowest BCUT2D eigenvalue weighted by Gasteiger charge is -2.41. The Morgan fingerprint density at radius 2 is 1.44 bits per heavy atom. The largest absolute Gasteiger partial charge is 0.445 e. The molecule has 8 N–H and O–H groups in total. The zero-order valence-electron chi connectivity index (χ0n) is 48.6. The molecule has 79 heavy (non-hydrogen) atoms. The summed E-state index contributed by atoms with van der Waals surface area (Å²) in [5, 5.41) is 25.0. The number of carbonyl (C=O) groups is 8. The molecular weight excluding hydrogens is 1010 g/mol. The van der Waals surface area contributed by atoms with Gasteiger partial charge in [-0.15, -0.1) is 0 Å². The lowest BCUT2D eigenvalue weighted by molar-refractivity contribution is -0.148. The number of urea groups is 1. The highest BCUT2D eigenvalue weighted by molar-refractivity contribution is 5.97. The molecule has 2 fully saturated rings. The Morgan fingerprint density at radius 1 is 0.785 bits per heavy atom. The molecule has 440 valence electrons. The molecule has 0 spiro atoms. The van der Waals surface area contributed by atoms with Crippen LogP contribution in [-0.4, -0.2) is 157 Å². The third-order valence-corrected chi connectivity index (χ3v) is 15.7. The van der Waals surface area contributed by atoms with Crippen LogP contribution in [0.2, 0.25) is 0 Å². The number of nitrogens with one attached hydrogen (secondary N) is 5. The number of aliphatic hydroxyl groups is 1. The van der Waals surface area contributed by atoms with Gasteiger partial charge in [-0.25, -0.2) is 9.59 Å². The number of hydrogen-bond acceptors (Lipinski definition) is 12. The molecule has 21 heteroatoms. The first-order chi connectivity index (χ1) is 37.4. The van der Waals surface area contributed by atoms with Crippen LogP contribution in [0, 0.1) is 29.6 Å². The predicted octanol–water partition coefficient (Wildman–Crippen LogP) is 5.25. The number of hydrogen-bond donors (Lipinski definition) is 7. The molecule has 1 saturated carbocycles. The van der Waals surface area contributed by atoms with E-state index in [2.05, 4.69) is 26.6 Å². The highest BCUT2D eigenvalue weighted by Gasteiger charge is 2.44. The van der Waals surface area contributed by atoms with Gasteiger partial charge in [-0.3, -0.25) is 33.7 Å². The number of benzene rings is 2. The van der Waals surface area contributed by atoms with Crippen molar-refractivity contribution in [2.24, 2.45) is 35.3 Å². The Morgan fingerprint density at radius 3 is 2.00 bits per heavy atom. The van der Waals surface area contributed by atoms with Crippen molar-refractivity contribution in [2.75, 3.05) is 46.7 Å². The highest BCUT2D eigenvalue weighted by atomic mass is 16.6. The number of anilines is 1. The van der Waals surface area contributed by atoms with Gasteiger partial charge in [-0.1, -0.05) is 104 Å². The molecule has 0 bridgehead atoms. The van der Waals surface area contributed by atoms with Crippen molar-refractivity contribution >= 4 is 53.3 Å². The number of likely N-dealkylation sites (tertiary alicyclic amines) is 1. The molecule has 0 aromatic heterocycles. The average Bonchev–Trinajstić information content (AvgIpc) is 3.90. The fourth-order valence-electron chi connectivity index (χ4n) is 10.6. The fourth-order valence-corrected chi connectivity index (χ4v) is 10.6. The zero-order chi connectivity index (χ0) is 58.7. The molecule has 0 unspecified atom stereocenters. The van der Waals surface area contributed by atoms with Gasteiger partial charge in [0.2, 0.25) is 35.4 Å². The average molecular weight is 1110 g/mol. The third kappa shape index (κ3) is 18.4. The summed E-state index contributed by atoms with van der Waals surface area (Å²) in [6, 6.07) is 10.5. The van der Waals surface area contributed by atoms with Crippen molar-refractivity contribution in [1.82, 2.24) is 36.0 Å². The van der Waals surface area contributed by atoms with E-state index in [0.717, 1.165) is 19.3 Å². The summed E-state index contributed by atoms with van der Waals surface area (Å²) in [5.41, 5.74) is 6.89. The van der Waals surface area contributed by atoms with Gasteiger partial charge in [0.1, 0.15) is 24.7 Å². The van der Waals surface area contributed by atoms with Crippen LogP contribution in [0.25, 0.3) is 0 Å². The van der Waals surface area contributed by atoms with E-state index in [9.17, 15) is 43.5 Å². The number of primary amides is 1. The molecule has 11 atom stereocenters. The van der Waals surface area contributed by atoms with E-state index in [1.807, 2.05) is 45.9 Å². The topological polar surface area (TPSA) is 280 Å². The highest BCUT2D eigenvalue weighted by Crippen LogP contribution is 2.31. The van der Waals surface area contributed by atoms with Crippen molar-refractivity contribution < 1.29 is 57.7 Å². The number of ether oxygens (including phenoxy) is 3. The van der Waals surface area contributed by atoms with Crippen LogP contribution in [0.5, 0.6) is 0 Å². The summed E-state index contributed by atoms with van der Waals surface area (Å²) in [6.07, 6.45) is 1.96. The lowest BCUT2D eigenvalue weighted by Crippen LogP contribution is -2.60. The summed E-state index contributed by atoms with van der Waals surface area (Å²) in [6.45, 7) is 15.2. The van der Waals surface area contributed by atoms with E-state index in [-0.39, 0.29) is 61.5 Å². The van der Waals surface area contributed by atoms with Crippen LogP contribution in [-0.2, 0) is 49.6 Å². The minimum atomic E-state index is -1.04. The summed E-state index contributed by atoms with van der Waals surface area (Å²) < 4.78 is 17.7. The van der Waals surface area contributed by atoms with Crippen LogP contribution in [0.3, 0.4) is 0 Å². The number of rotatable bonds is 30. The van der Waals surface area contributed by atoms with Crippen LogP contribution >= 0.6 is 0 Å². The first-order valence-corrected chi connectivity index (χ1v) is 28.0. The number of aliphatic hydroxyl groups excluding tert-OH is 1. The molecular formula is C58H91N9O12. The minimum Gasteiger partial charge on any atom is -0.445 e. The molecule has 1 aliphatic heterocycles. The third-order valence-electron chi connectivity index (χ3n) is 15.7. The Bertz CT molecular complexity index is 2320. The Hall–Kier alpha value is -6.32. The SMILES string of the molecule is CC[C@H](C)[C@@H]([C@@H](CC(=O)N1CCC[C@H]1[C@H](OC)[C@@H](C)C(=O)N[C@H](C)[C@@H](O)c1ccccc1)OC)N(C)C(=O)[C@@H](NC(=O)[C@H](C(C)C)N(C)C(=O)OCc1ccc(NC(=O)[C@H](CCCNC(N)=O)NC(=O)C2CCC2)cc1)C(C)C. The van der Waals surface area contributed by atoms with E-state index in [4.69, 9.17) is 19.9 Å². The maximum Gasteiger partial charge on any atom is 0.410 e. The summed E-state index contributed by atoms with van der Waals surface area (Å²) in [5.74, 6) is -3.82. The summed E-state index contributed by atoms with van der Waals surface area (Å²) in [4.78, 5) is 112. The van der Waals surface area contributed by atoms with Gasteiger partial charge in [0.05, 0.1) is 48.8 Å². The van der Waals surface area contributed by atoms with E-state index >= 15 is 0 Å². The van der Waals surface area contributed by atoms with Gasteiger partial charge in [0.15, 0.2) is 0 Å². The molecule has 0 radical (unpaired) electrons. The van der Waals surface area contributed by atoms with Gasteiger partial charge < -0.3 is 61.4 Å². The van der Waals surface area contributed by atoms with Gasteiger partial charge >= 0.3 is 12.1 Å². The molecule has 21 nitrogen and oxygen atoms in total. The number of likely N-dealkylation sites (N-methyl/N-ethyl adjacent to an activating group) is 2. The van der Waals surface area contributed by atoms with Gasteiger partial charge in [0.25, 0.3) is 0 Å². The Balaban J connectivity index is 1.39. The van der Waals surface area contributed by atoms with Crippen LogP contribution < -0.4 is 32.3 Å². The van der Waals surface area contributed by atoms with Crippen LogP contribution in [0.1, 0.15) is 130 Å². The summed E-state index contributed by atoms with van der Waals surface area (Å²) in [7, 11) is 6.15. The van der Waals surface area contributed by atoms with Crippen LogP contribution in [0.4, 0.5) is 15.3 Å². The summed E-state index contributed by atoms with van der Waals surface area (Å²) >= 11 is 0. The second-order valence-electron chi connectivity index (χ2n) is 22.1. The maximum absolute atomic E-state index is 14.7. The van der Waals surface area contributed by atoms with Crippen molar-refractivity contribution in [3.05, 3.63) is 65.7 Å². The predicted molar refractivity (Wildman–Crippen MR) is 300 cm³/mol. The van der Waals surface area contributed by atoms with Crippen LogP contribution in [0.15, 0.2) is 54.6 Å². The number of nitrogens with two attached hydrogens (primary N) is 1. The molecule has 4 rings (SSSR count). The van der Waals surface area contributed by atoms with Crippen molar-refractivity contribution in [2.45, 2.75) is 174 Å². The quantitative estimate of drug-likeness (QED) is 0.0494. The molecule has 1 heterocycles. The Labute approximate surface area is 467 Å². The molecule has 2 aromatic carbocycles. The number of methoxy groups -OCH3 is 2. The van der Waals surface area contributed by atoms with Crippen molar-refractivity contribution in [3.8, 4) is 0 Å². The van der Waals surface area contributed by atoms with E-state index in [1.165, 1.54) is 26.2 Å². The smallest absolute Gasteiger partial charge is 0.410 e. The number of amides is 9. The molecule has 9 amide bonds. The van der Waals surface area contributed by atoms with Crippen molar-refractivity contribution in [1.29, 1.82) is 0 Å².